The lowest BCUT2D eigenvalue weighted by molar-refractivity contribution is -0.340. The van der Waals surface area contributed by atoms with Crippen molar-refractivity contribution in [1.82, 2.24) is 0 Å². The highest BCUT2D eigenvalue weighted by Crippen LogP contribution is 2.09. The summed E-state index contributed by atoms with van der Waals surface area (Å²) in [6.07, 6.45) is -6.26. The number of benzene rings is 1. The van der Waals surface area contributed by atoms with Gasteiger partial charge >= 0.3 is 0 Å². The second kappa shape index (κ2) is 8.75. The van der Waals surface area contributed by atoms with Crippen LogP contribution in [0.4, 0.5) is 0 Å². The third-order valence-corrected chi connectivity index (χ3v) is 2.65. The van der Waals surface area contributed by atoms with Gasteiger partial charge in [0.1, 0.15) is 24.9 Å². The smallest absolute Gasteiger partial charge is 0.176 e. The van der Waals surface area contributed by atoms with Gasteiger partial charge in [-0.1, -0.05) is 30.3 Å². The van der Waals surface area contributed by atoms with Gasteiger partial charge in [-0.15, -0.1) is 0 Å². The highest BCUT2D eigenvalue weighted by molar-refractivity contribution is 5.57. The standard InChI is InChI=1S/C13H18O7/c14-6-10(16)12(17)13(18)11(7-15)20-19-8-9-4-2-1-3-5-9/h1-5,7,10-14,16-18H,6,8H2/t10-,11+,12-,13-/m1/s1. The summed E-state index contributed by atoms with van der Waals surface area (Å²) in [4.78, 5) is 20.3. The van der Waals surface area contributed by atoms with Crippen LogP contribution in [0.25, 0.3) is 0 Å². The summed E-state index contributed by atoms with van der Waals surface area (Å²) >= 11 is 0. The third kappa shape index (κ3) is 4.97. The Labute approximate surface area is 115 Å². The van der Waals surface area contributed by atoms with Crippen molar-refractivity contribution in [2.45, 2.75) is 31.0 Å². The molecule has 1 rings (SSSR count). The summed E-state index contributed by atoms with van der Waals surface area (Å²) < 4.78 is 0. The average molecular weight is 286 g/mol. The molecule has 7 nitrogen and oxygen atoms in total. The van der Waals surface area contributed by atoms with Crippen LogP contribution < -0.4 is 0 Å². The summed E-state index contributed by atoms with van der Waals surface area (Å²) in [5.74, 6) is 0. The molecular formula is C13H18O7. The lowest BCUT2D eigenvalue weighted by Crippen LogP contribution is -2.47. The molecule has 0 unspecified atom stereocenters. The van der Waals surface area contributed by atoms with Crippen LogP contribution in [0.15, 0.2) is 30.3 Å². The van der Waals surface area contributed by atoms with Crippen LogP contribution in [-0.4, -0.2) is 57.7 Å². The Balaban J connectivity index is 2.44. The van der Waals surface area contributed by atoms with E-state index >= 15 is 0 Å². The molecule has 0 bridgehead atoms. The molecule has 0 aliphatic heterocycles. The van der Waals surface area contributed by atoms with Gasteiger partial charge < -0.3 is 25.2 Å². The van der Waals surface area contributed by atoms with Gasteiger partial charge in [0.05, 0.1) is 6.61 Å². The van der Waals surface area contributed by atoms with Gasteiger partial charge in [-0.3, -0.25) is 0 Å². The second-order valence-electron chi connectivity index (χ2n) is 4.18. The molecule has 0 aliphatic carbocycles. The van der Waals surface area contributed by atoms with E-state index in [1.54, 1.807) is 24.3 Å². The van der Waals surface area contributed by atoms with Crippen molar-refractivity contribution in [2.75, 3.05) is 6.61 Å². The maximum atomic E-state index is 10.8. The number of hydrogen-bond donors (Lipinski definition) is 4. The van der Waals surface area contributed by atoms with Crippen LogP contribution >= 0.6 is 0 Å². The predicted octanol–water partition coefficient (Wildman–Crippen LogP) is -1.22. The summed E-state index contributed by atoms with van der Waals surface area (Å²) in [5.41, 5.74) is 0.794. The fourth-order valence-corrected chi connectivity index (χ4v) is 1.44. The molecule has 1 aromatic rings. The molecule has 0 amide bonds. The van der Waals surface area contributed by atoms with Gasteiger partial charge in [0.25, 0.3) is 0 Å². The Morgan fingerprint density at radius 1 is 1.10 bits per heavy atom. The SMILES string of the molecule is O=C[C@H](OOCc1ccccc1)[C@@H](O)[C@H](O)[C@H](O)CO. The Hall–Kier alpha value is -1.35. The van der Waals surface area contributed by atoms with Crippen LogP contribution in [-0.2, 0) is 21.2 Å². The molecule has 0 fully saturated rings. The van der Waals surface area contributed by atoms with Gasteiger partial charge in [-0.2, -0.15) is 0 Å². The number of aliphatic hydroxyl groups is 4. The zero-order chi connectivity index (χ0) is 15.0. The highest BCUT2D eigenvalue weighted by Gasteiger charge is 2.32. The molecule has 20 heavy (non-hydrogen) atoms. The van der Waals surface area contributed by atoms with E-state index in [0.29, 0.717) is 0 Å². The summed E-state index contributed by atoms with van der Waals surface area (Å²) in [7, 11) is 0. The number of carbonyl (C=O) groups is 1. The van der Waals surface area contributed by atoms with Crippen molar-refractivity contribution in [2.24, 2.45) is 0 Å². The Kier molecular flexibility index (Phi) is 7.31. The summed E-state index contributed by atoms with van der Waals surface area (Å²) in [5, 5.41) is 36.9. The topological polar surface area (TPSA) is 116 Å². The molecule has 0 saturated carbocycles. The van der Waals surface area contributed by atoms with E-state index in [9.17, 15) is 20.1 Å². The molecule has 0 aliphatic rings. The Morgan fingerprint density at radius 3 is 2.30 bits per heavy atom. The van der Waals surface area contributed by atoms with Gasteiger partial charge in [0, 0.05) is 0 Å². The molecule has 1 aromatic carbocycles. The van der Waals surface area contributed by atoms with Gasteiger partial charge in [0.2, 0.25) is 0 Å². The van der Waals surface area contributed by atoms with Crippen molar-refractivity contribution < 1.29 is 35.0 Å². The minimum atomic E-state index is -1.73. The second-order valence-corrected chi connectivity index (χ2v) is 4.18. The van der Waals surface area contributed by atoms with E-state index in [4.69, 9.17) is 14.9 Å². The Morgan fingerprint density at radius 2 is 1.75 bits per heavy atom. The lowest BCUT2D eigenvalue weighted by atomic mass is 10.0. The number of aldehydes is 1. The minimum Gasteiger partial charge on any atom is -0.394 e. The molecule has 0 saturated heterocycles. The highest BCUT2D eigenvalue weighted by atomic mass is 17.2. The fourth-order valence-electron chi connectivity index (χ4n) is 1.44. The van der Waals surface area contributed by atoms with Crippen molar-refractivity contribution in [3.63, 3.8) is 0 Å². The van der Waals surface area contributed by atoms with E-state index in [2.05, 4.69) is 0 Å². The average Bonchev–Trinajstić information content (AvgIpc) is 2.50. The van der Waals surface area contributed by atoms with E-state index in [0.717, 1.165) is 5.56 Å². The molecule has 0 spiro atoms. The number of rotatable bonds is 9. The normalized spacial score (nSPS) is 17.2. The van der Waals surface area contributed by atoms with E-state index in [1.165, 1.54) is 0 Å². The number of carbonyl (C=O) groups excluding carboxylic acids is 1. The van der Waals surface area contributed by atoms with Crippen molar-refractivity contribution in [3.8, 4) is 0 Å². The van der Waals surface area contributed by atoms with E-state index < -0.39 is 31.0 Å². The van der Waals surface area contributed by atoms with Crippen molar-refractivity contribution >= 4 is 6.29 Å². The van der Waals surface area contributed by atoms with Crippen LogP contribution in [0.3, 0.4) is 0 Å². The quantitative estimate of drug-likeness (QED) is 0.255. The molecule has 112 valence electrons. The lowest BCUT2D eigenvalue weighted by Gasteiger charge is -2.24. The third-order valence-electron chi connectivity index (χ3n) is 2.65. The van der Waals surface area contributed by atoms with Gasteiger partial charge in [-0.25, -0.2) is 9.78 Å². The largest absolute Gasteiger partial charge is 0.394 e. The first-order valence-electron chi connectivity index (χ1n) is 6.02. The van der Waals surface area contributed by atoms with Crippen LogP contribution in [0.2, 0.25) is 0 Å². The molecule has 7 heteroatoms. The monoisotopic (exact) mass is 286 g/mol. The summed E-state index contributed by atoms with van der Waals surface area (Å²) in [6.45, 7) is -0.703. The molecule has 0 aromatic heterocycles. The van der Waals surface area contributed by atoms with Gasteiger partial charge in [-0.05, 0) is 5.56 Å². The number of aliphatic hydroxyl groups excluding tert-OH is 4. The molecule has 0 radical (unpaired) electrons. The van der Waals surface area contributed by atoms with E-state index in [-0.39, 0.29) is 12.9 Å². The molecule has 0 heterocycles. The zero-order valence-corrected chi connectivity index (χ0v) is 10.7. The minimum absolute atomic E-state index is 0.0521. The first-order chi connectivity index (χ1) is 9.60. The van der Waals surface area contributed by atoms with Gasteiger partial charge in [0.15, 0.2) is 12.4 Å². The zero-order valence-electron chi connectivity index (χ0n) is 10.7. The molecular weight excluding hydrogens is 268 g/mol. The predicted molar refractivity (Wildman–Crippen MR) is 67.3 cm³/mol. The van der Waals surface area contributed by atoms with Crippen LogP contribution in [0.5, 0.6) is 0 Å². The molecule has 4 N–H and O–H groups in total. The first kappa shape index (κ1) is 16.7. The van der Waals surface area contributed by atoms with E-state index in [1.807, 2.05) is 6.07 Å². The maximum Gasteiger partial charge on any atom is 0.176 e. The summed E-state index contributed by atoms with van der Waals surface area (Å²) in [6, 6.07) is 8.98. The van der Waals surface area contributed by atoms with Crippen LogP contribution in [0.1, 0.15) is 5.56 Å². The van der Waals surface area contributed by atoms with Crippen molar-refractivity contribution in [1.29, 1.82) is 0 Å². The Bertz CT molecular complexity index is 384. The van der Waals surface area contributed by atoms with Crippen LogP contribution in [0, 0.1) is 0 Å². The molecule has 4 atom stereocenters. The number of hydrogen-bond acceptors (Lipinski definition) is 7. The maximum absolute atomic E-state index is 10.8. The first-order valence-corrected chi connectivity index (χ1v) is 6.02. The van der Waals surface area contributed by atoms with Crippen molar-refractivity contribution in [3.05, 3.63) is 35.9 Å². The fraction of sp³-hybridized carbons (Fsp3) is 0.462.